The van der Waals surface area contributed by atoms with E-state index in [2.05, 4.69) is 0 Å². The van der Waals surface area contributed by atoms with Gasteiger partial charge in [0.25, 0.3) is 0 Å². The van der Waals surface area contributed by atoms with Crippen LogP contribution in [-0.2, 0) is 9.59 Å². The smallest absolute Gasteiger partial charge is 0.328 e. The molecule has 2 atom stereocenters. The van der Waals surface area contributed by atoms with Crippen LogP contribution in [-0.4, -0.2) is 22.2 Å². The average molecular weight is 212 g/mol. The van der Waals surface area contributed by atoms with Crippen molar-refractivity contribution in [1.82, 2.24) is 0 Å². The molecule has 0 heterocycles. The number of carboxylic acid groups (broad SMARTS) is 2. The highest BCUT2D eigenvalue weighted by molar-refractivity contribution is 5.89. The first-order chi connectivity index (χ1) is 7.09. The highest BCUT2D eigenvalue weighted by atomic mass is 16.4. The number of carboxylic acids is 2. The Morgan fingerprint density at radius 2 is 1.27 bits per heavy atom. The molecule has 2 N–H and O–H groups in total. The van der Waals surface area contributed by atoms with Gasteiger partial charge < -0.3 is 10.2 Å². The van der Waals surface area contributed by atoms with E-state index in [0.717, 1.165) is 0 Å². The summed E-state index contributed by atoms with van der Waals surface area (Å²) in [5, 5.41) is 15.6. The maximum atomic E-state index is 9.55. The molecule has 2 aliphatic carbocycles. The third kappa shape index (κ3) is 4.14. The van der Waals surface area contributed by atoms with Crippen LogP contribution >= 0.6 is 0 Å². The van der Waals surface area contributed by atoms with Crippen molar-refractivity contribution >= 4 is 11.9 Å². The average Bonchev–Trinajstić information content (AvgIpc) is 2.43. The van der Waals surface area contributed by atoms with Gasteiger partial charge >= 0.3 is 11.9 Å². The molecule has 2 unspecified atom stereocenters. The first-order valence-electron chi connectivity index (χ1n) is 5.23. The Morgan fingerprint density at radius 1 is 0.867 bits per heavy atom. The SMILES string of the molecule is C1CC2CCC2C1.O=C(O)C=CC(=O)O. The van der Waals surface area contributed by atoms with Gasteiger partial charge in [0.05, 0.1) is 0 Å². The summed E-state index contributed by atoms with van der Waals surface area (Å²) in [6, 6.07) is 0. The standard InChI is InChI=1S/C7H12.C4H4O4/c1-2-6-4-5-7(6)3-1;5-3(6)1-2-4(7)8/h6-7H,1-5H2;1-2H,(H,5,6)(H,7,8). The molecule has 4 nitrogen and oxygen atoms in total. The van der Waals surface area contributed by atoms with Crippen LogP contribution in [0.15, 0.2) is 12.2 Å². The van der Waals surface area contributed by atoms with Gasteiger partial charge in [-0.15, -0.1) is 0 Å². The van der Waals surface area contributed by atoms with Crippen LogP contribution in [0.2, 0.25) is 0 Å². The number of rotatable bonds is 2. The number of hydrogen-bond acceptors (Lipinski definition) is 2. The van der Waals surface area contributed by atoms with Crippen LogP contribution in [0.4, 0.5) is 0 Å². The molecule has 2 rings (SSSR count). The first kappa shape index (κ1) is 11.8. The molecule has 4 heteroatoms. The Kier molecular flexibility index (Phi) is 4.34. The topological polar surface area (TPSA) is 74.6 Å². The van der Waals surface area contributed by atoms with Gasteiger partial charge in [0.15, 0.2) is 0 Å². The minimum atomic E-state index is -1.26. The Balaban J connectivity index is 0.000000150. The van der Waals surface area contributed by atoms with Crippen molar-refractivity contribution in [2.24, 2.45) is 11.8 Å². The summed E-state index contributed by atoms with van der Waals surface area (Å²) in [6.45, 7) is 0. The normalized spacial score (nSPS) is 27.5. The fourth-order valence-corrected chi connectivity index (χ4v) is 2.18. The summed E-state index contributed by atoms with van der Waals surface area (Å²) in [5.74, 6) is -0.125. The fourth-order valence-electron chi connectivity index (χ4n) is 2.18. The van der Waals surface area contributed by atoms with E-state index in [9.17, 15) is 9.59 Å². The molecule has 0 aromatic heterocycles. The number of carbonyl (C=O) groups is 2. The summed E-state index contributed by atoms with van der Waals surface area (Å²) in [6.07, 6.45) is 8.89. The van der Waals surface area contributed by atoms with E-state index in [1.54, 1.807) is 25.7 Å². The first-order valence-corrected chi connectivity index (χ1v) is 5.23. The lowest BCUT2D eigenvalue weighted by Gasteiger charge is -2.29. The fraction of sp³-hybridized carbons (Fsp3) is 0.636. The lowest BCUT2D eigenvalue weighted by Crippen LogP contribution is -2.18. The van der Waals surface area contributed by atoms with Crippen LogP contribution in [0.1, 0.15) is 32.1 Å². The zero-order valence-corrected chi connectivity index (χ0v) is 8.56. The van der Waals surface area contributed by atoms with E-state index in [-0.39, 0.29) is 0 Å². The van der Waals surface area contributed by atoms with Crippen molar-refractivity contribution in [1.29, 1.82) is 0 Å². The van der Waals surface area contributed by atoms with Crippen molar-refractivity contribution in [3.63, 3.8) is 0 Å². The predicted molar refractivity (Wildman–Crippen MR) is 54.5 cm³/mol. The van der Waals surface area contributed by atoms with E-state index >= 15 is 0 Å². The third-order valence-electron chi connectivity index (χ3n) is 3.09. The van der Waals surface area contributed by atoms with Crippen LogP contribution in [0.25, 0.3) is 0 Å². The molecule has 0 aliphatic heterocycles. The van der Waals surface area contributed by atoms with Gasteiger partial charge in [-0.05, 0) is 24.7 Å². The van der Waals surface area contributed by atoms with Gasteiger partial charge in [-0.2, -0.15) is 0 Å². The van der Waals surface area contributed by atoms with Gasteiger partial charge in [0, 0.05) is 12.2 Å². The molecule has 2 aliphatic rings. The van der Waals surface area contributed by atoms with Crippen molar-refractivity contribution in [3.8, 4) is 0 Å². The highest BCUT2D eigenvalue weighted by Gasteiger charge is 2.34. The Bertz CT molecular complexity index is 244. The quantitative estimate of drug-likeness (QED) is 0.685. The second kappa shape index (κ2) is 5.53. The van der Waals surface area contributed by atoms with Gasteiger partial charge in [-0.3, -0.25) is 0 Å². The van der Waals surface area contributed by atoms with Gasteiger partial charge in [0.1, 0.15) is 0 Å². The van der Waals surface area contributed by atoms with Crippen LogP contribution in [0.3, 0.4) is 0 Å². The Labute approximate surface area is 88.6 Å². The van der Waals surface area contributed by atoms with E-state index in [1.165, 1.54) is 18.3 Å². The molecular weight excluding hydrogens is 196 g/mol. The van der Waals surface area contributed by atoms with Gasteiger partial charge in [-0.25, -0.2) is 9.59 Å². The second-order valence-electron chi connectivity index (χ2n) is 4.04. The van der Waals surface area contributed by atoms with E-state index in [4.69, 9.17) is 10.2 Å². The molecule has 0 amide bonds. The largest absolute Gasteiger partial charge is 0.478 e. The van der Waals surface area contributed by atoms with Crippen LogP contribution < -0.4 is 0 Å². The maximum absolute atomic E-state index is 9.55. The highest BCUT2D eigenvalue weighted by Crippen LogP contribution is 2.46. The van der Waals surface area contributed by atoms with Crippen molar-refractivity contribution in [2.75, 3.05) is 0 Å². The lowest BCUT2D eigenvalue weighted by molar-refractivity contribution is -0.134. The minimum absolute atomic E-state index is 0.558. The Hall–Kier alpha value is -1.32. The summed E-state index contributed by atoms with van der Waals surface area (Å²) < 4.78 is 0. The van der Waals surface area contributed by atoms with Gasteiger partial charge in [-0.1, -0.05) is 19.3 Å². The molecule has 0 spiro atoms. The van der Waals surface area contributed by atoms with Crippen molar-refractivity contribution < 1.29 is 19.8 Å². The zero-order valence-electron chi connectivity index (χ0n) is 8.56. The molecular formula is C11H16O4. The molecule has 0 saturated heterocycles. The summed E-state index contributed by atoms with van der Waals surface area (Å²) in [7, 11) is 0. The zero-order chi connectivity index (χ0) is 11.3. The Morgan fingerprint density at radius 3 is 1.47 bits per heavy atom. The van der Waals surface area contributed by atoms with E-state index in [0.29, 0.717) is 12.2 Å². The molecule has 0 aromatic carbocycles. The summed E-state index contributed by atoms with van der Waals surface area (Å²) >= 11 is 0. The molecule has 15 heavy (non-hydrogen) atoms. The van der Waals surface area contributed by atoms with E-state index < -0.39 is 11.9 Å². The molecule has 2 fully saturated rings. The number of hydrogen-bond donors (Lipinski definition) is 2. The molecule has 0 bridgehead atoms. The van der Waals surface area contributed by atoms with Crippen molar-refractivity contribution in [3.05, 3.63) is 12.2 Å². The number of fused-ring (bicyclic) bond motifs is 1. The van der Waals surface area contributed by atoms with Crippen LogP contribution in [0.5, 0.6) is 0 Å². The summed E-state index contributed by atoms with van der Waals surface area (Å²) in [5.41, 5.74) is 0. The molecule has 0 radical (unpaired) electrons. The lowest BCUT2D eigenvalue weighted by atomic mass is 9.77. The second-order valence-corrected chi connectivity index (χ2v) is 4.04. The third-order valence-corrected chi connectivity index (χ3v) is 3.09. The minimum Gasteiger partial charge on any atom is -0.478 e. The van der Waals surface area contributed by atoms with Crippen molar-refractivity contribution in [2.45, 2.75) is 32.1 Å². The van der Waals surface area contributed by atoms with E-state index in [1.807, 2.05) is 0 Å². The van der Waals surface area contributed by atoms with Crippen LogP contribution in [0, 0.1) is 11.8 Å². The summed E-state index contributed by atoms with van der Waals surface area (Å²) in [4.78, 5) is 19.1. The monoisotopic (exact) mass is 212 g/mol. The molecule has 84 valence electrons. The number of aliphatic carboxylic acids is 2. The molecule has 2 saturated carbocycles. The predicted octanol–water partition coefficient (Wildman–Crippen LogP) is 1.91. The van der Waals surface area contributed by atoms with Gasteiger partial charge in [0.2, 0.25) is 0 Å². The molecule has 0 aromatic rings. The maximum Gasteiger partial charge on any atom is 0.328 e.